The SMILES string of the molecule is CC(=O)O[B-](OC(C)=O)OC(C)=O.NC(=O)c1cccc(C2CC3CCC(C3)C2)c1O.[Na+]. The van der Waals surface area contributed by atoms with Gasteiger partial charge in [0.25, 0.3) is 23.8 Å². The van der Waals surface area contributed by atoms with Crippen LogP contribution in [0, 0.1) is 11.8 Å². The van der Waals surface area contributed by atoms with Crippen molar-refractivity contribution in [1.29, 1.82) is 0 Å². The second-order valence-electron chi connectivity index (χ2n) is 7.94. The maximum atomic E-state index is 11.3. The van der Waals surface area contributed by atoms with Gasteiger partial charge in [0, 0.05) is 20.8 Å². The van der Waals surface area contributed by atoms with Gasteiger partial charge in [0.1, 0.15) is 5.75 Å². The van der Waals surface area contributed by atoms with E-state index in [0.717, 1.165) is 51.0 Å². The Morgan fingerprint density at radius 1 is 0.906 bits per heavy atom. The number of carbonyl (C=O) groups is 4. The van der Waals surface area contributed by atoms with Crippen LogP contribution in [-0.2, 0) is 28.3 Å². The molecule has 2 aliphatic rings. The average Bonchev–Trinajstić information content (AvgIpc) is 2.98. The first kappa shape index (κ1) is 28.0. The van der Waals surface area contributed by atoms with Crippen molar-refractivity contribution < 1.29 is 67.8 Å². The van der Waals surface area contributed by atoms with Gasteiger partial charge in [0.2, 0.25) is 0 Å². The number of amides is 1. The summed E-state index contributed by atoms with van der Waals surface area (Å²) in [6.45, 7) is 3.29. The van der Waals surface area contributed by atoms with Crippen molar-refractivity contribution in [3.8, 4) is 5.75 Å². The zero-order valence-electron chi connectivity index (χ0n) is 19.0. The van der Waals surface area contributed by atoms with Gasteiger partial charge in [-0.05, 0) is 48.6 Å². The number of para-hydroxylation sites is 1. The Morgan fingerprint density at radius 3 is 1.78 bits per heavy atom. The Balaban J connectivity index is 0.000000330. The van der Waals surface area contributed by atoms with Gasteiger partial charge in [-0.3, -0.25) is 19.2 Å². The van der Waals surface area contributed by atoms with E-state index in [1.165, 1.54) is 19.3 Å². The molecule has 0 heterocycles. The number of fused-ring (bicyclic) bond motifs is 2. The van der Waals surface area contributed by atoms with E-state index in [1.807, 2.05) is 12.1 Å². The van der Waals surface area contributed by atoms with Gasteiger partial charge in [-0.1, -0.05) is 25.0 Å². The molecular weight excluding hydrogens is 428 g/mol. The summed E-state index contributed by atoms with van der Waals surface area (Å²) in [5.41, 5.74) is 6.46. The molecule has 0 saturated heterocycles. The van der Waals surface area contributed by atoms with Gasteiger partial charge in [0.15, 0.2) is 0 Å². The Kier molecular flexibility index (Phi) is 11.3. The first-order valence-electron chi connectivity index (χ1n) is 10.2. The Morgan fingerprint density at radius 2 is 1.38 bits per heavy atom. The molecule has 2 fully saturated rings. The van der Waals surface area contributed by atoms with Gasteiger partial charge < -0.3 is 24.8 Å². The van der Waals surface area contributed by atoms with E-state index in [9.17, 15) is 24.3 Å². The minimum Gasteiger partial charge on any atom is -0.642 e. The van der Waals surface area contributed by atoms with Gasteiger partial charge >= 0.3 is 36.9 Å². The summed E-state index contributed by atoms with van der Waals surface area (Å²) in [5.74, 6) is -0.566. The molecule has 3 rings (SSSR count). The number of phenols is 1. The molecular formula is C21H28BNNaO8. The molecule has 0 aromatic heterocycles. The van der Waals surface area contributed by atoms with Crippen LogP contribution in [-0.4, -0.2) is 36.2 Å². The molecule has 1 aromatic carbocycles. The number of hydrogen-bond acceptors (Lipinski definition) is 8. The zero-order chi connectivity index (χ0) is 23.1. The summed E-state index contributed by atoms with van der Waals surface area (Å²) in [7, 11) is -1.59. The third-order valence-electron chi connectivity index (χ3n) is 5.44. The quantitative estimate of drug-likeness (QED) is 0.562. The monoisotopic (exact) mass is 456 g/mol. The minimum absolute atomic E-state index is 0. The van der Waals surface area contributed by atoms with E-state index in [-0.39, 0.29) is 40.9 Å². The van der Waals surface area contributed by atoms with Crippen LogP contribution in [0.4, 0.5) is 0 Å². The Hall–Kier alpha value is -2.04. The van der Waals surface area contributed by atoms with Crippen molar-refractivity contribution in [3.63, 3.8) is 0 Å². The van der Waals surface area contributed by atoms with Crippen LogP contribution in [0.5, 0.6) is 5.75 Å². The van der Waals surface area contributed by atoms with Crippen molar-refractivity contribution in [2.24, 2.45) is 17.6 Å². The molecule has 1 radical (unpaired) electrons. The molecule has 11 heteroatoms. The first-order chi connectivity index (χ1) is 14.6. The van der Waals surface area contributed by atoms with Crippen LogP contribution in [0.3, 0.4) is 0 Å². The van der Waals surface area contributed by atoms with Crippen LogP contribution in [0.15, 0.2) is 18.2 Å². The van der Waals surface area contributed by atoms with Gasteiger partial charge in [-0.2, -0.15) is 0 Å². The number of aromatic hydroxyl groups is 1. The van der Waals surface area contributed by atoms with Crippen LogP contribution < -0.4 is 35.3 Å². The number of benzene rings is 1. The average molecular weight is 456 g/mol. The number of carbonyl (C=O) groups excluding carboxylic acids is 4. The first-order valence-corrected chi connectivity index (χ1v) is 10.2. The molecule has 1 aromatic rings. The molecule has 2 atom stereocenters. The predicted molar refractivity (Wildman–Crippen MR) is 110 cm³/mol. The number of rotatable bonds is 5. The van der Waals surface area contributed by atoms with E-state index < -0.39 is 31.1 Å². The number of primary amides is 1. The van der Waals surface area contributed by atoms with E-state index in [1.54, 1.807) is 6.07 Å². The predicted octanol–water partition coefficient (Wildman–Crippen LogP) is -0.551. The van der Waals surface area contributed by atoms with Crippen molar-refractivity contribution in [1.82, 2.24) is 0 Å². The van der Waals surface area contributed by atoms with E-state index in [2.05, 4.69) is 14.0 Å². The Bertz CT molecular complexity index is 799. The van der Waals surface area contributed by atoms with Crippen molar-refractivity contribution in [2.45, 2.75) is 58.8 Å². The van der Waals surface area contributed by atoms with Gasteiger partial charge in [0.05, 0.1) is 5.56 Å². The molecule has 2 saturated carbocycles. The second-order valence-corrected chi connectivity index (χ2v) is 7.94. The molecule has 0 aliphatic heterocycles. The number of nitrogens with two attached hydrogens (primary N) is 1. The fourth-order valence-electron chi connectivity index (χ4n) is 4.33. The summed E-state index contributed by atoms with van der Waals surface area (Å²) in [6.07, 6.45) is 6.31. The Labute approximate surface area is 209 Å². The second kappa shape index (κ2) is 12.9. The zero-order valence-corrected chi connectivity index (χ0v) is 21.0. The smallest absolute Gasteiger partial charge is 0.642 e. The third-order valence-corrected chi connectivity index (χ3v) is 5.44. The van der Waals surface area contributed by atoms with Crippen LogP contribution >= 0.6 is 0 Å². The van der Waals surface area contributed by atoms with E-state index >= 15 is 0 Å². The molecule has 2 aliphatic carbocycles. The van der Waals surface area contributed by atoms with Gasteiger partial charge in [-0.15, -0.1) is 0 Å². The van der Waals surface area contributed by atoms with E-state index in [0.29, 0.717) is 5.92 Å². The summed E-state index contributed by atoms with van der Waals surface area (Å²) < 4.78 is 13.0. The molecule has 0 spiro atoms. The minimum atomic E-state index is -1.59. The van der Waals surface area contributed by atoms with Crippen molar-refractivity contribution in [2.75, 3.05) is 0 Å². The standard InChI is InChI=1S/C15H19NO2.C6H9BO6.Na/c16-15(18)13-3-1-2-12(14(13)17)11-7-9-4-5-10(6-9)8-11;1-4(8)11-7(12-5(2)9)13-6(3)10;/h1-3,9-11,17H,4-8H2,(H2,16,18);1-3H3;/q;-1;+1. The normalized spacial score (nSPS) is 20.8. The van der Waals surface area contributed by atoms with Crippen LogP contribution in [0.2, 0.25) is 0 Å². The largest absolute Gasteiger partial charge is 1.00 e. The molecule has 32 heavy (non-hydrogen) atoms. The van der Waals surface area contributed by atoms with Crippen LogP contribution in [0.25, 0.3) is 0 Å². The summed E-state index contributed by atoms with van der Waals surface area (Å²) in [5, 5.41) is 10.2. The fraction of sp³-hybridized carbons (Fsp3) is 0.524. The molecule has 9 nitrogen and oxygen atoms in total. The molecule has 3 N–H and O–H groups in total. The maximum Gasteiger partial charge on any atom is 1.00 e. The topological polar surface area (TPSA) is 142 Å². The third kappa shape index (κ3) is 8.48. The van der Waals surface area contributed by atoms with E-state index in [4.69, 9.17) is 5.73 Å². The molecule has 2 bridgehead atoms. The maximum absolute atomic E-state index is 11.3. The van der Waals surface area contributed by atoms with Crippen molar-refractivity contribution >= 4 is 31.1 Å². The van der Waals surface area contributed by atoms with Crippen LogP contribution in [0.1, 0.15) is 74.7 Å². The summed E-state index contributed by atoms with van der Waals surface area (Å²) >= 11 is 0. The van der Waals surface area contributed by atoms with Crippen molar-refractivity contribution in [3.05, 3.63) is 29.3 Å². The van der Waals surface area contributed by atoms with Gasteiger partial charge in [-0.25, -0.2) is 0 Å². The molecule has 1 amide bonds. The molecule has 169 valence electrons. The summed E-state index contributed by atoms with van der Waals surface area (Å²) in [6, 6.07) is 5.36. The fourth-order valence-corrected chi connectivity index (χ4v) is 4.33. The number of hydrogen-bond donors (Lipinski definition) is 2. The summed E-state index contributed by atoms with van der Waals surface area (Å²) in [4.78, 5) is 42.5. The molecule has 2 unspecified atom stereocenters.